The molecular weight excluding hydrogens is 554 g/mol. The first-order valence-electron chi connectivity index (χ1n) is 12.5. The largest absolute Gasteiger partial charge is 0.491 e. The topological polar surface area (TPSA) is 119 Å². The Balaban J connectivity index is 1.44. The molecule has 10 heteroatoms. The van der Waals surface area contributed by atoms with E-state index >= 15 is 0 Å². The third-order valence-corrected chi connectivity index (χ3v) is 8.61. The lowest BCUT2D eigenvalue weighted by Gasteiger charge is -2.26. The van der Waals surface area contributed by atoms with Crippen molar-refractivity contribution < 1.29 is 20.1 Å². The van der Waals surface area contributed by atoms with Gasteiger partial charge in [0.2, 0.25) is 0 Å². The number of aromatic nitrogens is 2. The Kier molecular flexibility index (Phi) is 8.82. The number of aryl methyl sites for hydroxylation is 1. The molecule has 0 spiro atoms. The number of aliphatic hydroxyl groups is 3. The molecule has 1 aliphatic carbocycles. The minimum atomic E-state index is -0.961. The summed E-state index contributed by atoms with van der Waals surface area (Å²) in [5.74, 6) is 1.08. The van der Waals surface area contributed by atoms with Crippen molar-refractivity contribution in [3.05, 3.63) is 81.4 Å². The van der Waals surface area contributed by atoms with Crippen LogP contribution in [-0.2, 0) is 12.2 Å². The molecule has 4 aromatic rings. The fourth-order valence-corrected chi connectivity index (χ4v) is 6.45. The predicted octanol–water partition coefficient (Wildman–Crippen LogP) is 5.79. The van der Waals surface area contributed by atoms with Crippen LogP contribution in [-0.4, -0.2) is 44.6 Å². The minimum Gasteiger partial charge on any atom is -0.491 e. The molecular formula is C29H26ClN3O4S2. The quantitative estimate of drug-likeness (QED) is 0.213. The number of rotatable bonds is 9. The van der Waals surface area contributed by atoms with Crippen molar-refractivity contribution in [3.63, 3.8) is 0 Å². The van der Waals surface area contributed by atoms with Crippen LogP contribution in [0.2, 0.25) is 5.02 Å². The fourth-order valence-electron chi connectivity index (χ4n) is 4.49. The average Bonchev–Trinajstić information content (AvgIpc) is 3.44. The normalized spacial score (nSPS) is 15.4. The van der Waals surface area contributed by atoms with Crippen molar-refractivity contribution in [3.8, 4) is 33.5 Å². The lowest BCUT2D eigenvalue weighted by molar-refractivity contribution is 0.0536. The molecule has 0 bridgehead atoms. The summed E-state index contributed by atoms with van der Waals surface area (Å²) in [4.78, 5) is 9.61. The summed E-state index contributed by atoms with van der Waals surface area (Å²) in [6, 6.07) is 17.1. The number of fused-ring (bicyclic) bond motifs is 1. The second kappa shape index (κ2) is 12.5. The highest BCUT2D eigenvalue weighted by atomic mass is 35.5. The number of pyridine rings is 1. The maximum Gasteiger partial charge on any atom is 0.123 e. The SMILES string of the molecule is N#Cc1c(SCc2csc(-c3ccc(Cl)cc3)n2)nc2c(c1-c1ccc(OC[C@H](O)CO)cc1)C(O)CCC2. The minimum absolute atomic E-state index is 0.0280. The summed E-state index contributed by atoms with van der Waals surface area (Å²) < 4.78 is 5.54. The second-order valence-corrected chi connectivity index (χ2v) is 11.4. The van der Waals surface area contributed by atoms with Gasteiger partial charge in [-0.2, -0.15) is 5.26 Å². The summed E-state index contributed by atoms with van der Waals surface area (Å²) in [7, 11) is 0. The van der Waals surface area contributed by atoms with Crippen LogP contribution in [0.5, 0.6) is 5.75 Å². The van der Waals surface area contributed by atoms with E-state index in [9.17, 15) is 15.5 Å². The van der Waals surface area contributed by atoms with Crippen molar-refractivity contribution in [2.24, 2.45) is 0 Å². The highest BCUT2D eigenvalue weighted by Gasteiger charge is 2.28. The Hall–Kier alpha value is -2.97. The monoisotopic (exact) mass is 579 g/mol. The van der Waals surface area contributed by atoms with Gasteiger partial charge in [-0.05, 0) is 49.1 Å². The molecule has 0 aliphatic heterocycles. The number of hydrogen-bond acceptors (Lipinski definition) is 9. The van der Waals surface area contributed by atoms with Gasteiger partial charge in [0.15, 0.2) is 0 Å². The molecule has 0 radical (unpaired) electrons. The standard InChI is InChI=1S/C29H26ClN3O4S2/c30-19-8-4-18(5-9-19)28-32-20(15-38-28)16-39-29-23(12-31)26(27-24(33-29)2-1-3-25(27)36)17-6-10-22(11-7-17)37-14-21(35)13-34/h4-11,15,21,25,34-36H,1-3,13-14,16H2/t21-,25?/m1/s1. The van der Waals surface area contributed by atoms with Crippen LogP contribution >= 0.6 is 34.7 Å². The maximum absolute atomic E-state index is 10.9. The average molecular weight is 580 g/mol. The number of hydrogen-bond donors (Lipinski definition) is 3. The van der Waals surface area contributed by atoms with Gasteiger partial charge in [-0.3, -0.25) is 0 Å². The van der Waals surface area contributed by atoms with Crippen molar-refractivity contribution in [2.75, 3.05) is 13.2 Å². The Bertz CT molecular complexity index is 1490. The maximum atomic E-state index is 10.9. The van der Waals surface area contributed by atoms with Crippen LogP contribution in [0.15, 0.2) is 58.9 Å². The zero-order chi connectivity index (χ0) is 27.4. The number of nitriles is 1. The molecule has 2 heterocycles. The summed E-state index contributed by atoms with van der Waals surface area (Å²) in [6.07, 6.45) is 0.518. The van der Waals surface area contributed by atoms with Crippen molar-refractivity contribution in [2.45, 2.75) is 42.2 Å². The molecule has 2 atom stereocenters. The second-order valence-electron chi connectivity index (χ2n) is 9.16. The van der Waals surface area contributed by atoms with Crippen LogP contribution in [0, 0.1) is 11.3 Å². The molecule has 39 heavy (non-hydrogen) atoms. The zero-order valence-corrected chi connectivity index (χ0v) is 23.3. The van der Waals surface area contributed by atoms with Gasteiger partial charge >= 0.3 is 0 Å². The molecule has 0 saturated heterocycles. The number of aliphatic hydroxyl groups excluding tert-OH is 3. The van der Waals surface area contributed by atoms with Gasteiger partial charge in [0, 0.05) is 38.5 Å². The molecule has 2 aromatic carbocycles. The van der Waals surface area contributed by atoms with Crippen molar-refractivity contribution in [1.82, 2.24) is 9.97 Å². The van der Waals surface area contributed by atoms with Crippen LogP contribution in [0.4, 0.5) is 0 Å². The zero-order valence-electron chi connectivity index (χ0n) is 20.9. The predicted molar refractivity (Wildman–Crippen MR) is 153 cm³/mol. The van der Waals surface area contributed by atoms with E-state index < -0.39 is 12.2 Å². The van der Waals surface area contributed by atoms with Gasteiger partial charge < -0.3 is 20.1 Å². The van der Waals surface area contributed by atoms with Gasteiger partial charge in [-0.1, -0.05) is 47.6 Å². The lowest BCUT2D eigenvalue weighted by Crippen LogP contribution is -2.21. The number of benzene rings is 2. The molecule has 0 fully saturated rings. The van der Waals surface area contributed by atoms with Gasteiger partial charge in [0.1, 0.15) is 34.6 Å². The van der Waals surface area contributed by atoms with E-state index in [1.165, 1.54) is 11.8 Å². The fraction of sp³-hybridized carbons (Fsp3) is 0.276. The first kappa shape index (κ1) is 27.6. The van der Waals surface area contributed by atoms with Gasteiger partial charge in [-0.25, -0.2) is 9.97 Å². The van der Waals surface area contributed by atoms with E-state index in [0.717, 1.165) is 40.4 Å². The smallest absolute Gasteiger partial charge is 0.123 e. The Morgan fingerprint density at radius 2 is 1.87 bits per heavy atom. The number of nitrogens with zero attached hydrogens (tertiary/aromatic N) is 3. The summed E-state index contributed by atoms with van der Waals surface area (Å²) >= 11 is 9.04. The summed E-state index contributed by atoms with van der Waals surface area (Å²) in [5.41, 5.74) is 5.33. The summed E-state index contributed by atoms with van der Waals surface area (Å²) in [6.45, 7) is -0.408. The molecule has 0 saturated carbocycles. The number of halogens is 1. The van der Waals surface area contributed by atoms with Crippen molar-refractivity contribution >= 4 is 34.7 Å². The van der Waals surface area contributed by atoms with E-state index in [0.29, 0.717) is 44.7 Å². The highest BCUT2D eigenvalue weighted by Crippen LogP contribution is 2.42. The first-order valence-corrected chi connectivity index (χ1v) is 14.7. The van der Waals surface area contributed by atoms with E-state index in [4.69, 9.17) is 31.4 Å². The molecule has 7 nitrogen and oxygen atoms in total. The van der Waals surface area contributed by atoms with Gasteiger partial charge in [0.05, 0.1) is 24.0 Å². The number of ether oxygens (including phenoxy) is 1. The third-order valence-electron chi connectivity index (χ3n) is 6.41. The summed E-state index contributed by atoms with van der Waals surface area (Å²) in [5, 5.41) is 44.0. The Morgan fingerprint density at radius 3 is 2.59 bits per heavy atom. The van der Waals surface area contributed by atoms with E-state index in [2.05, 4.69) is 6.07 Å². The first-order chi connectivity index (χ1) is 19.0. The van der Waals surface area contributed by atoms with Crippen LogP contribution in [0.1, 0.15) is 41.5 Å². The number of thioether (sulfide) groups is 1. The lowest BCUT2D eigenvalue weighted by atomic mass is 9.85. The molecule has 5 rings (SSSR count). The van der Waals surface area contributed by atoms with Crippen LogP contribution in [0.25, 0.3) is 21.7 Å². The highest BCUT2D eigenvalue weighted by molar-refractivity contribution is 7.98. The third kappa shape index (κ3) is 6.28. The van der Waals surface area contributed by atoms with Gasteiger partial charge in [0.25, 0.3) is 0 Å². The van der Waals surface area contributed by atoms with E-state index in [-0.39, 0.29) is 13.2 Å². The molecule has 200 valence electrons. The molecule has 0 amide bonds. The Labute approximate surface area is 239 Å². The Morgan fingerprint density at radius 1 is 1.13 bits per heavy atom. The molecule has 2 aromatic heterocycles. The van der Waals surface area contributed by atoms with Crippen molar-refractivity contribution in [1.29, 1.82) is 5.26 Å². The van der Waals surface area contributed by atoms with Crippen LogP contribution in [0.3, 0.4) is 0 Å². The van der Waals surface area contributed by atoms with E-state index in [1.54, 1.807) is 23.5 Å². The van der Waals surface area contributed by atoms with E-state index in [1.807, 2.05) is 41.8 Å². The molecule has 3 N–H and O–H groups in total. The van der Waals surface area contributed by atoms with Gasteiger partial charge in [-0.15, -0.1) is 11.3 Å². The van der Waals surface area contributed by atoms with Crippen LogP contribution < -0.4 is 4.74 Å². The number of thiazole rings is 1. The molecule has 1 unspecified atom stereocenters. The molecule has 1 aliphatic rings.